The molecule has 0 bridgehead atoms. The zero-order valence-corrected chi connectivity index (χ0v) is 13.1. The van der Waals surface area contributed by atoms with E-state index in [2.05, 4.69) is 66.0 Å². The van der Waals surface area contributed by atoms with Gasteiger partial charge in [-0.1, -0.05) is 20.8 Å². The summed E-state index contributed by atoms with van der Waals surface area (Å²) in [5, 5.41) is 3.76. The first-order valence-corrected chi connectivity index (χ1v) is 13.6. The number of rotatable bonds is 2. The van der Waals surface area contributed by atoms with E-state index in [0.717, 1.165) is 6.42 Å². The monoisotopic (exact) mass is 420 g/mol. The van der Waals surface area contributed by atoms with E-state index < -0.39 is 7.89 Å². The molecule has 69 valence electrons. The number of nitrogens with two attached hydrogens (primary N) is 1. The van der Waals surface area contributed by atoms with Gasteiger partial charge in [-0.05, 0) is 12.3 Å². The van der Waals surface area contributed by atoms with Crippen molar-refractivity contribution in [2.45, 2.75) is 33.2 Å². The summed E-state index contributed by atoms with van der Waals surface area (Å²) in [7, 11) is -0.498. The summed E-state index contributed by atoms with van der Waals surface area (Å²) in [6, 6.07) is 0.403. The van der Waals surface area contributed by atoms with Crippen LogP contribution in [0.4, 0.5) is 0 Å². The van der Waals surface area contributed by atoms with Crippen LogP contribution in [0.15, 0.2) is 0 Å². The maximum atomic E-state index is 5.62. The Kier molecular flexibility index (Phi) is 13.9. The Morgan fingerprint density at radius 3 is 1.73 bits per heavy atom. The fourth-order valence-corrected chi connectivity index (χ4v) is 0.471. The molecule has 0 heterocycles. The van der Waals surface area contributed by atoms with Gasteiger partial charge in [0, 0.05) is 6.04 Å². The van der Waals surface area contributed by atoms with Crippen molar-refractivity contribution in [2.24, 2.45) is 11.7 Å². The SMILES string of the molecule is CCC(N)C(C)C.[CH2]=[V]([I])[I]. The van der Waals surface area contributed by atoms with Crippen LogP contribution in [-0.2, 0) is 7.89 Å². The topological polar surface area (TPSA) is 26.0 Å². The summed E-state index contributed by atoms with van der Waals surface area (Å²) in [6.45, 7) is 6.41. The van der Waals surface area contributed by atoms with Crippen LogP contribution in [0.2, 0.25) is 0 Å². The van der Waals surface area contributed by atoms with Crippen LogP contribution in [0.5, 0.6) is 0 Å². The molecule has 0 aromatic heterocycles. The maximum absolute atomic E-state index is 5.62. The van der Waals surface area contributed by atoms with Gasteiger partial charge in [-0.2, -0.15) is 0 Å². The molecular formula is C7H17I2NV. The molecule has 0 saturated carbocycles. The third-order valence-corrected chi connectivity index (χ3v) is 1.33. The fraction of sp³-hybridized carbons (Fsp3) is 0.857. The summed E-state index contributed by atoms with van der Waals surface area (Å²) in [5.41, 5.74) is 5.62. The molecule has 0 aromatic rings. The van der Waals surface area contributed by atoms with Crippen LogP contribution in [0.1, 0.15) is 27.2 Å². The molecule has 1 unspecified atom stereocenters. The molecule has 0 aliphatic rings. The van der Waals surface area contributed by atoms with E-state index in [0.29, 0.717) is 12.0 Å². The summed E-state index contributed by atoms with van der Waals surface area (Å²) in [4.78, 5) is 0. The quantitative estimate of drug-likeness (QED) is 0.684. The number of hydrogen-bond donors (Lipinski definition) is 1. The standard InChI is InChI=1S/C6H15N.CH2.2HI.V/c1-4-6(7)5(2)3;;;;/h5-6H,4,7H2,1-3H3;1H2;2*1H;/q;;;;+2/p-2. The molecule has 0 rings (SSSR count). The second-order valence-electron chi connectivity index (χ2n) is 2.62. The zero-order valence-electron chi connectivity index (χ0n) is 7.35. The summed E-state index contributed by atoms with van der Waals surface area (Å²) in [6.07, 6.45) is 1.09. The minimum absolute atomic E-state index is 0.403. The second kappa shape index (κ2) is 9.96. The molecule has 0 saturated heterocycles. The fourth-order valence-electron chi connectivity index (χ4n) is 0.471. The summed E-state index contributed by atoms with van der Waals surface area (Å²) < 4.78 is 0. The predicted molar refractivity (Wildman–Crippen MR) is 68.3 cm³/mol. The first-order chi connectivity index (χ1) is 4.91. The molecule has 0 fully saturated rings. The van der Waals surface area contributed by atoms with Gasteiger partial charge in [0.15, 0.2) is 0 Å². The molecule has 4 heteroatoms. The molecule has 11 heavy (non-hydrogen) atoms. The van der Waals surface area contributed by atoms with Gasteiger partial charge in [-0.15, -0.1) is 0 Å². The van der Waals surface area contributed by atoms with Gasteiger partial charge in [-0.3, -0.25) is 0 Å². The van der Waals surface area contributed by atoms with Crippen LogP contribution in [0.3, 0.4) is 0 Å². The van der Waals surface area contributed by atoms with Gasteiger partial charge in [0.05, 0.1) is 0 Å². The van der Waals surface area contributed by atoms with Crippen molar-refractivity contribution in [1.82, 2.24) is 0 Å². The average molecular weight is 420 g/mol. The Balaban J connectivity index is 0. The Morgan fingerprint density at radius 1 is 1.45 bits per heavy atom. The van der Waals surface area contributed by atoms with E-state index in [1.54, 1.807) is 0 Å². The minimum atomic E-state index is -0.498. The van der Waals surface area contributed by atoms with Crippen LogP contribution in [0, 0.1) is 5.92 Å². The Labute approximate surface area is 96.7 Å². The van der Waals surface area contributed by atoms with Crippen molar-refractivity contribution in [3.05, 3.63) is 0 Å². The van der Waals surface area contributed by atoms with Gasteiger partial charge in [0.25, 0.3) is 0 Å². The van der Waals surface area contributed by atoms with Crippen molar-refractivity contribution in [2.75, 3.05) is 0 Å². The van der Waals surface area contributed by atoms with Crippen LogP contribution in [-0.4, -0.2) is 11.3 Å². The molecule has 0 radical (unpaired) electrons. The van der Waals surface area contributed by atoms with E-state index in [1.807, 2.05) is 0 Å². The number of hydrogen-bond acceptors (Lipinski definition) is 1. The average Bonchev–Trinajstić information content (AvgIpc) is 1.85. The molecule has 0 aliphatic heterocycles. The molecule has 2 N–H and O–H groups in total. The molecule has 0 spiro atoms. The second-order valence-corrected chi connectivity index (χ2v) is 20.8. The van der Waals surface area contributed by atoms with Gasteiger partial charge in [0.1, 0.15) is 0 Å². The van der Waals surface area contributed by atoms with Gasteiger partial charge < -0.3 is 5.73 Å². The van der Waals surface area contributed by atoms with Crippen molar-refractivity contribution in [3.8, 4) is 0 Å². The van der Waals surface area contributed by atoms with Crippen molar-refractivity contribution < 1.29 is 7.89 Å². The van der Waals surface area contributed by atoms with E-state index in [9.17, 15) is 0 Å². The third kappa shape index (κ3) is 18.7. The first-order valence-electron chi connectivity index (χ1n) is 3.59. The normalized spacial score (nSPS) is 11.9. The van der Waals surface area contributed by atoms with Crippen molar-refractivity contribution in [1.29, 1.82) is 0 Å². The molecule has 1 atom stereocenters. The Bertz CT molecular complexity index is 103. The third-order valence-electron chi connectivity index (χ3n) is 1.33. The Morgan fingerprint density at radius 2 is 1.73 bits per heavy atom. The van der Waals surface area contributed by atoms with Crippen molar-refractivity contribution >= 4 is 45.2 Å². The van der Waals surface area contributed by atoms with E-state index in [4.69, 9.17) is 5.73 Å². The van der Waals surface area contributed by atoms with Gasteiger partial charge in [0.2, 0.25) is 0 Å². The van der Waals surface area contributed by atoms with Crippen LogP contribution >= 0.6 is 40.0 Å². The first kappa shape index (κ1) is 15.4. The summed E-state index contributed by atoms with van der Waals surface area (Å²) >= 11 is 4.73. The number of halogens is 2. The molecular weight excluding hydrogens is 403 g/mol. The molecule has 0 aromatic carbocycles. The molecule has 0 amide bonds. The van der Waals surface area contributed by atoms with Crippen LogP contribution in [0.25, 0.3) is 0 Å². The van der Waals surface area contributed by atoms with Gasteiger partial charge in [-0.25, -0.2) is 0 Å². The van der Waals surface area contributed by atoms with E-state index in [-0.39, 0.29) is 0 Å². The Hall–Kier alpha value is 1.87. The zero-order chi connectivity index (χ0) is 9.44. The van der Waals surface area contributed by atoms with Crippen LogP contribution < -0.4 is 5.73 Å². The molecule has 0 aliphatic carbocycles. The predicted octanol–water partition coefficient (Wildman–Crippen LogP) is 3.12. The molecule has 1 nitrogen and oxygen atoms in total. The summed E-state index contributed by atoms with van der Waals surface area (Å²) in [5.74, 6) is 0.644. The van der Waals surface area contributed by atoms with Crippen molar-refractivity contribution in [3.63, 3.8) is 0 Å². The van der Waals surface area contributed by atoms with E-state index >= 15 is 0 Å². The van der Waals surface area contributed by atoms with Gasteiger partial charge >= 0.3 is 53.1 Å². The van der Waals surface area contributed by atoms with E-state index in [1.165, 1.54) is 0 Å².